The summed E-state index contributed by atoms with van der Waals surface area (Å²) in [6.45, 7) is 6.81. The minimum absolute atomic E-state index is 0.00541. The molecule has 2 N–H and O–H groups in total. The SMILES string of the molecule is COC(=O)C(c1ccccc1)C1CCCCN1C(=O)CCOCCOCCOCCOCCOCCOCCN. The highest BCUT2D eigenvalue weighted by atomic mass is 16.6. The lowest BCUT2D eigenvalue weighted by molar-refractivity contribution is -0.147. The lowest BCUT2D eigenvalue weighted by Gasteiger charge is -2.39. The zero-order valence-electron chi connectivity index (χ0n) is 24.0. The molecule has 1 aliphatic rings. The Labute approximate surface area is 238 Å². The smallest absolute Gasteiger partial charge is 0.315 e. The maximum Gasteiger partial charge on any atom is 0.315 e. The number of hydrogen-bond acceptors (Lipinski definition) is 10. The van der Waals surface area contributed by atoms with Gasteiger partial charge in [0.25, 0.3) is 0 Å². The molecule has 2 rings (SSSR count). The van der Waals surface area contributed by atoms with Crippen molar-refractivity contribution in [2.75, 3.05) is 99.5 Å². The highest BCUT2D eigenvalue weighted by Gasteiger charge is 2.38. The molecular weight excluding hydrogens is 520 g/mol. The summed E-state index contributed by atoms with van der Waals surface area (Å²) in [6.07, 6.45) is 2.92. The summed E-state index contributed by atoms with van der Waals surface area (Å²) in [7, 11) is 1.40. The van der Waals surface area contributed by atoms with E-state index in [0.29, 0.717) is 92.4 Å². The predicted molar refractivity (Wildman–Crippen MR) is 149 cm³/mol. The molecule has 1 fully saturated rings. The van der Waals surface area contributed by atoms with Gasteiger partial charge in [0.2, 0.25) is 5.91 Å². The van der Waals surface area contributed by atoms with Crippen LogP contribution in [0.5, 0.6) is 0 Å². The fraction of sp³-hybridized carbons (Fsp3) is 0.724. The Morgan fingerprint density at radius 1 is 0.775 bits per heavy atom. The molecule has 0 aromatic heterocycles. The van der Waals surface area contributed by atoms with Crippen LogP contribution in [0, 0.1) is 0 Å². The van der Waals surface area contributed by atoms with Crippen LogP contribution in [0.1, 0.15) is 37.2 Å². The molecule has 40 heavy (non-hydrogen) atoms. The van der Waals surface area contributed by atoms with Gasteiger partial charge in [-0.25, -0.2) is 0 Å². The maximum atomic E-state index is 13.1. The molecular formula is C29H48N2O9. The molecule has 11 nitrogen and oxygen atoms in total. The highest BCUT2D eigenvalue weighted by Crippen LogP contribution is 2.32. The molecule has 11 heteroatoms. The Balaban J connectivity index is 1.50. The van der Waals surface area contributed by atoms with Crippen molar-refractivity contribution >= 4 is 11.9 Å². The summed E-state index contributed by atoms with van der Waals surface area (Å²) in [5.41, 5.74) is 6.20. The predicted octanol–water partition coefficient (Wildman–Crippen LogP) is 1.77. The summed E-state index contributed by atoms with van der Waals surface area (Å²) < 4.78 is 37.7. The lowest BCUT2D eigenvalue weighted by Crippen LogP contribution is -2.49. The third-order valence-corrected chi connectivity index (χ3v) is 6.45. The van der Waals surface area contributed by atoms with E-state index in [-0.39, 0.29) is 24.3 Å². The van der Waals surface area contributed by atoms with Gasteiger partial charge in [-0.1, -0.05) is 30.3 Å². The number of nitrogens with zero attached hydrogens (tertiary/aromatic N) is 1. The number of carbonyl (C=O) groups is 2. The zero-order valence-corrected chi connectivity index (χ0v) is 24.0. The Morgan fingerprint density at radius 2 is 1.27 bits per heavy atom. The minimum atomic E-state index is -0.496. The van der Waals surface area contributed by atoms with Gasteiger partial charge >= 0.3 is 5.97 Å². The standard InChI is InChI=1S/C29H48N2O9/c1-34-29(33)28(25-7-3-2-4-8-25)26-9-5-6-12-31(26)27(32)10-13-35-15-17-37-19-21-39-23-24-40-22-20-38-18-16-36-14-11-30/h2-4,7-8,26,28H,5-6,9-24,30H2,1H3. The van der Waals surface area contributed by atoms with Crippen molar-refractivity contribution in [2.24, 2.45) is 5.73 Å². The van der Waals surface area contributed by atoms with Crippen molar-refractivity contribution in [3.05, 3.63) is 35.9 Å². The zero-order chi connectivity index (χ0) is 28.7. The Hall–Kier alpha value is -2.12. The number of carbonyl (C=O) groups excluding carboxylic acids is 2. The number of benzene rings is 1. The van der Waals surface area contributed by atoms with Crippen LogP contribution in [0.15, 0.2) is 30.3 Å². The Kier molecular flexibility index (Phi) is 19.2. The first-order valence-corrected chi connectivity index (χ1v) is 14.3. The van der Waals surface area contributed by atoms with Gasteiger partial charge in [0.05, 0.1) is 92.8 Å². The molecule has 1 heterocycles. The van der Waals surface area contributed by atoms with Crippen molar-refractivity contribution in [2.45, 2.75) is 37.6 Å². The fourth-order valence-electron chi connectivity index (χ4n) is 4.50. The normalized spacial score (nSPS) is 16.1. The summed E-state index contributed by atoms with van der Waals surface area (Å²) in [6, 6.07) is 9.34. The highest BCUT2D eigenvalue weighted by molar-refractivity contribution is 5.82. The summed E-state index contributed by atoms with van der Waals surface area (Å²) >= 11 is 0. The molecule has 0 saturated carbocycles. The molecule has 228 valence electrons. The van der Waals surface area contributed by atoms with Crippen LogP contribution >= 0.6 is 0 Å². The van der Waals surface area contributed by atoms with E-state index >= 15 is 0 Å². The van der Waals surface area contributed by atoms with Gasteiger partial charge in [0.1, 0.15) is 5.92 Å². The first-order valence-electron chi connectivity index (χ1n) is 14.3. The van der Waals surface area contributed by atoms with Crippen LogP contribution in [0.2, 0.25) is 0 Å². The van der Waals surface area contributed by atoms with Gasteiger partial charge in [0.15, 0.2) is 0 Å². The van der Waals surface area contributed by atoms with E-state index in [2.05, 4.69) is 0 Å². The maximum absolute atomic E-state index is 13.1. The van der Waals surface area contributed by atoms with E-state index in [1.807, 2.05) is 35.2 Å². The first kappa shape index (κ1) is 34.1. The number of ether oxygens (including phenoxy) is 7. The number of likely N-dealkylation sites (tertiary alicyclic amines) is 1. The minimum Gasteiger partial charge on any atom is -0.468 e. The molecule has 1 aromatic carbocycles. The molecule has 0 aliphatic carbocycles. The number of amides is 1. The van der Waals surface area contributed by atoms with E-state index in [0.717, 1.165) is 24.8 Å². The van der Waals surface area contributed by atoms with Crippen LogP contribution in [-0.4, -0.2) is 122 Å². The van der Waals surface area contributed by atoms with Crippen LogP contribution in [0.4, 0.5) is 0 Å². The Bertz CT molecular complexity index is 784. The summed E-state index contributed by atoms with van der Waals surface area (Å²) in [4.78, 5) is 27.6. The van der Waals surface area contributed by atoms with Crippen molar-refractivity contribution in [3.8, 4) is 0 Å². The number of methoxy groups -OCH3 is 1. The van der Waals surface area contributed by atoms with Crippen molar-refractivity contribution in [1.82, 2.24) is 4.90 Å². The van der Waals surface area contributed by atoms with Crippen molar-refractivity contribution in [1.29, 1.82) is 0 Å². The molecule has 1 aromatic rings. The van der Waals surface area contributed by atoms with Crippen molar-refractivity contribution < 1.29 is 42.7 Å². The molecule has 1 saturated heterocycles. The van der Waals surface area contributed by atoms with E-state index in [9.17, 15) is 9.59 Å². The number of hydrogen-bond donors (Lipinski definition) is 1. The second kappa shape index (κ2) is 22.6. The number of piperidine rings is 1. The van der Waals surface area contributed by atoms with E-state index in [1.165, 1.54) is 7.11 Å². The van der Waals surface area contributed by atoms with Gasteiger partial charge < -0.3 is 43.8 Å². The monoisotopic (exact) mass is 568 g/mol. The van der Waals surface area contributed by atoms with Crippen LogP contribution in [-0.2, 0) is 42.7 Å². The van der Waals surface area contributed by atoms with E-state index in [1.54, 1.807) is 0 Å². The average molecular weight is 569 g/mol. The Morgan fingerprint density at radius 3 is 1.77 bits per heavy atom. The van der Waals surface area contributed by atoms with Crippen LogP contribution in [0.25, 0.3) is 0 Å². The van der Waals surface area contributed by atoms with Gasteiger partial charge in [-0.05, 0) is 24.8 Å². The van der Waals surface area contributed by atoms with Crippen LogP contribution in [0.3, 0.4) is 0 Å². The molecule has 0 bridgehead atoms. The summed E-state index contributed by atoms with van der Waals surface area (Å²) in [5, 5.41) is 0. The molecule has 0 spiro atoms. The largest absolute Gasteiger partial charge is 0.468 e. The van der Waals surface area contributed by atoms with E-state index in [4.69, 9.17) is 38.9 Å². The van der Waals surface area contributed by atoms with E-state index < -0.39 is 5.92 Å². The average Bonchev–Trinajstić information content (AvgIpc) is 2.99. The van der Waals surface area contributed by atoms with Gasteiger partial charge in [0, 0.05) is 19.1 Å². The first-order chi connectivity index (χ1) is 19.7. The van der Waals surface area contributed by atoms with Crippen molar-refractivity contribution in [3.63, 3.8) is 0 Å². The number of rotatable bonds is 23. The fourth-order valence-corrected chi connectivity index (χ4v) is 4.50. The van der Waals surface area contributed by atoms with Gasteiger partial charge in [-0.15, -0.1) is 0 Å². The molecule has 2 unspecified atom stereocenters. The third kappa shape index (κ3) is 14.0. The molecule has 1 amide bonds. The molecule has 2 atom stereocenters. The second-order valence-corrected chi connectivity index (χ2v) is 9.27. The van der Waals surface area contributed by atoms with Gasteiger partial charge in [-0.3, -0.25) is 9.59 Å². The molecule has 0 radical (unpaired) electrons. The van der Waals surface area contributed by atoms with Crippen LogP contribution < -0.4 is 5.73 Å². The van der Waals surface area contributed by atoms with Gasteiger partial charge in [-0.2, -0.15) is 0 Å². The lowest BCUT2D eigenvalue weighted by atomic mass is 9.85. The third-order valence-electron chi connectivity index (χ3n) is 6.45. The topological polar surface area (TPSA) is 128 Å². The number of esters is 1. The summed E-state index contributed by atoms with van der Waals surface area (Å²) in [5.74, 6) is -0.814. The quantitative estimate of drug-likeness (QED) is 0.154. The second-order valence-electron chi connectivity index (χ2n) is 9.27. The number of nitrogens with two attached hydrogens (primary N) is 1. The molecule has 1 aliphatic heterocycles.